The number of nitrogens with zero attached hydrogens (tertiary/aromatic N) is 3. The Bertz CT molecular complexity index is 264. The summed E-state index contributed by atoms with van der Waals surface area (Å²) in [6.45, 7) is 6.28. The zero-order chi connectivity index (χ0) is 10.4. The standard InChI is InChI=1S/C9H16BrN3S/c1-3-5-8-11-9(14-12-8)13(4-2)7-6-10/h3-7H2,1-2H3. The summed E-state index contributed by atoms with van der Waals surface area (Å²) in [4.78, 5) is 6.74. The Morgan fingerprint density at radius 3 is 2.79 bits per heavy atom. The summed E-state index contributed by atoms with van der Waals surface area (Å²) >= 11 is 4.95. The van der Waals surface area contributed by atoms with Crippen molar-refractivity contribution >= 4 is 32.6 Å². The molecule has 14 heavy (non-hydrogen) atoms. The molecule has 1 aromatic heterocycles. The highest BCUT2D eigenvalue weighted by Crippen LogP contribution is 2.17. The molecule has 0 saturated heterocycles. The Morgan fingerprint density at radius 2 is 2.21 bits per heavy atom. The van der Waals surface area contributed by atoms with Gasteiger partial charge in [-0.25, -0.2) is 4.98 Å². The van der Waals surface area contributed by atoms with Crippen molar-refractivity contribution in [3.63, 3.8) is 0 Å². The number of hydrogen-bond donors (Lipinski definition) is 0. The van der Waals surface area contributed by atoms with Crippen LogP contribution in [-0.4, -0.2) is 27.8 Å². The Balaban J connectivity index is 2.63. The Morgan fingerprint density at radius 1 is 1.43 bits per heavy atom. The number of rotatable bonds is 6. The van der Waals surface area contributed by atoms with Crippen molar-refractivity contribution in [3.8, 4) is 0 Å². The molecule has 5 heteroatoms. The van der Waals surface area contributed by atoms with E-state index in [4.69, 9.17) is 0 Å². The van der Waals surface area contributed by atoms with Crippen molar-refractivity contribution in [1.82, 2.24) is 9.36 Å². The van der Waals surface area contributed by atoms with E-state index in [9.17, 15) is 0 Å². The summed E-state index contributed by atoms with van der Waals surface area (Å²) in [5.41, 5.74) is 0. The van der Waals surface area contributed by atoms with E-state index in [-0.39, 0.29) is 0 Å². The Hall–Kier alpha value is -0.160. The fourth-order valence-corrected chi connectivity index (χ4v) is 2.42. The number of hydrogen-bond acceptors (Lipinski definition) is 4. The normalized spacial score (nSPS) is 10.5. The fourth-order valence-electron chi connectivity index (χ4n) is 1.19. The first kappa shape index (κ1) is 11.9. The second-order valence-corrected chi connectivity index (χ2v) is 4.54. The summed E-state index contributed by atoms with van der Waals surface area (Å²) < 4.78 is 4.33. The summed E-state index contributed by atoms with van der Waals surface area (Å²) in [5.74, 6) is 0.987. The van der Waals surface area contributed by atoms with Crippen LogP contribution < -0.4 is 4.90 Å². The van der Waals surface area contributed by atoms with Crippen molar-refractivity contribution in [2.45, 2.75) is 26.7 Å². The zero-order valence-corrected chi connectivity index (χ0v) is 11.1. The minimum Gasteiger partial charge on any atom is -0.346 e. The number of anilines is 1. The van der Waals surface area contributed by atoms with Gasteiger partial charge in [0.2, 0.25) is 5.13 Å². The molecule has 0 aromatic carbocycles. The average Bonchev–Trinajstić information content (AvgIpc) is 2.63. The van der Waals surface area contributed by atoms with Crippen LogP contribution >= 0.6 is 27.5 Å². The number of halogens is 1. The van der Waals surface area contributed by atoms with E-state index in [0.717, 1.165) is 42.2 Å². The van der Waals surface area contributed by atoms with Crippen LogP contribution in [0.2, 0.25) is 0 Å². The van der Waals surface area contributed by atoms with Crippen LogP contribution in [0.3, 0.4) is 0 Å². The van der Waals surface area contributed by atoms with Gasteiger partial charge in [-0.2, -0.15) is 4.37 Å². The number of aryl methyl sites for hydroxylation is 1. The van der Waals surface area contributed by atoms with Crippen LogP contribution in [-0.2, 0) is 6.42 Å². The Labute approximate surface area is 97.8 Å². The third-order valence-corrected chi connectivity index (χ3v) is 3.11. The minimum atomic E-state index is 0.976. The van der Waals surface area contributed by atoms with Gasteiger partial charge in [0, 0.05) is 36.4 Å². The summed E-state index contributed by atoms with van der Waals surface area (Å²) in [7, 11) is 0. The molecule has 0 unspecified atom stereocenters. The molecule has 1 aromatic rings. The van der Waals surface area contributed by atoms with Gasteiger partial charge in [-0.3, -0.25) is 0 Å². The molecule has 0 aliphatic rings. The summed E-state index contributed by atoms with van der Waals surface area (Å²) in [5, 5.41) is 2.03. The maximum absolute atomic E-state index is 4.50. The lowest BCUT2D eigenvalue weighted by Crippen LogP contribution is -2.24. The van der Waals surface area contributed by atoms with Crippen LogP contribution in [0, 0.1) is 0 Å². The van der Waals surface area contributed by atoms with Gasteiger partial charge in [-0.05, 0) is 13.3 Å². The zero-order valence-electron chi connectivity index (χ0n) is 8.66. The van der Waals surface area contributed by atoms with Gasteiger partial charge in [-0.1, -0.05) is 22.9 Å². The molecule has 80 valence electrons. The first-order chi connectivity index (χ1) is 6.81. The van der Waals surface area contributed by atoms with Crippen molar-refractivity contribution in [2.24, 2.45) is 0 Å². The molecule has 0 saturated carbocycles. The molecular formula is C9H16BrN3S. The van der Waals surface area contributed by atoms with Gasteiger partial charge in [0.15, 0.2) is 0 Å². The van der Waals surface area contributed by atoms with E-state index in [1.165, 1.54) is 11.5 Å². The van der Waals surface area contributed by atoms with Gasteiger partial charge in [0.25, 0.3) is 0 Å². The summed E-state index contributed by atoms with van der Waals surface area (Å²) in [6, 6.07) is 0. The van der Waals surface area contributed by atoms with Crippen molar-refractivity contribution in [2.75, 3.05) is 23.3 Å². The lowest BCUT2D eigenvalue weighted by molar-refractivity contribution is 0.833. The maximum Gasteiger partial charge on any atom is 0.205 e. The largest absolute Gasteiger partial charge is 0.346 e. The molecule has 0 amide bonds. The number of alkyl halides is 1. The topological polar surface area (TPSA) is 29.0 Å². The smallest absolute Gasteiger partial charge is 0.205 e. The quantitative estimate of drug-likeness (QED) is 0.749. The monoisotopic (exact) mass is 277 g/mol. The van der Waals surface area contributed by atoms with Gasteiger partial charge in [0.1, 0.15) is 5.82 Å². The molecule has 0 bridgehead atoms. The maximum atomic E-state index is 4.50. The third-order valence-electron chi connectivity index (χ3n) is 1.94. The van der Waals surface area contributed by atoms with E-state index >= 15 is 0 Å². The van der Waals surface area contributed by atoms with E-state index in [1.807, 2.05) is 0 Å². The lowest BCUT2D eigenvalue weighted by Gasteiger charge is -2.16. The number of aromatic nitrogens is 2. The molecular weight excluding hydrogens is 262 g/mol. The molecule has 3 nitrogen and oxygen atoms in total. The van der Waals surface area contributed by atoms with Gasteiger partial charge >= 0.3 is 0 Å². The molecule has 0 aliphatic heterocycles. The van der Waals surface area contributed by atoms with E-state index < -0.39 is 0 Å². The molecule has 0 spiro atoms. The molecule has 0 radical (unpaired) electrons. The van der Waals surface area contributed by atoms with Crippen LogP contribution in [0.5, 0.6) is 0 Å². The molecule has 1 rings (SSSR count). The summed E-state index contributed by atoms with van der Waals surface area (Å²) in [6.07, 6.45) is 2.10. The van der Waals surface area contributed by atoms with Crippen LogP contribution in [0.15, 0.2) is 0 Å². The van der Waals surface area contributed by atoms with Crippen molar-refractivity contribution in [3.05, 3.63) is 5.82 Å². The first-order valence-corrected chi connectivity index (χ1v) is 6.84. The van der Waals surface area contributed by atoms with Crippen LogP contribution in [0.4, 0.5) is 5.13 Å². The molecule has 0 N–H and O–H groups in total. The predicted molar refractivity (Wildman–Crippen MR) is 65.6 cm³/mol. The van der Waals surface area contributed by atoms with Crippen molar-refractivity contribution in [1.29, 1.82) is 0 Å². The third kappa shape index (κ3) is 3.20. The SMILES string of the molecule is CCCc1nsc(N(CC)CCBr)n1. The van der Waals surface area contributed by atoms with Crippen LogP contribution in [0.25, 0.3) is 0 Å². The van der Waals surface area contributed by atoms with Gasteiger partial charge in [-0.15, -0.1) is 0 Å². The van der Waals surface area contributed by atoms with E-state index in [1.54, 1.807) is 0 Å². The molecule has 0 aliphatic carbocycles. The highest BCUT2D eigenvalue weighted by molar-refractivity contribution is 9.09. The van der Waals surface area contributed by atoms with Crippen LogP contribution in [0.1, 0.15) is 26.1 Å². The highest BCUT2D eigenvalue weighted by Gasteiger charge is 2.09. The second-order valence-electron chi connectivity index (χ2n) is 3.01. The lowest BCUT2D eigenvalue weighted by atomic mass is 10.3. The van der Waals surface area contributed by atoms with E-state index in [0.29, 0.717) is 0 Å². The second kappa shape index (κ2) is 6.35. The highest BCUT2D eigenvalue weighted by atomic mass is 79.9. The van der Waals surface area contributed by atoms with E-state index in [2.05, 4.69) is 44.0 Å². The Kier molecular flexibility index (Phi) is 5.40. The molecule has 0 fully saturated rings. The van der Waals surface area contributed by atoms with Crippen molar-refractivity contribution < 1.29 is 0 Å². The molecule has 0 atom stereocenters. The first-order valence-electron chi connectivity index (χ1n) is 4.95. The molecule has 1 heterocycles. The van der Waals surface area contributed by atoms with Gasteiger partial charge in [0.05, 0.1) is 0 Å². The predicted octanol–water partition coefficient (Wildman–Crippen LogP) is 2.71. The minimum absolute atomic E-state index is 0.976. The fraction of sp³-hybridized carbons (Fsp3) is 0.778. The van der Waals surface area contributed by atoms with Gasteiger partial charge < -0.3 is 4.90 Å². The average molecular weight is 278 g/mol.